The third kappa shape index (κ3) is 5.23. The van der Waals surface area contributed by atoms with Crippen molar-refractivity contribution in [3.63, 3.8) is 0 Å². The van der Waals surface area contributed by atoms with Crippen molar-refractivity contribution in [2.24, 2.45) is 0 Å². The monoisotopic (exact) mass is 472 g/mol. The summed E-state index contributed by atoms with van der Waals surface area (Å²) in [6.07, 6.45) is 0.275. The zero-order valence-electron chi connectivity index (χ0n) is 19.2. The molecule has 0 bridgehead atoms. The number of carbonyl (C=O) groups excluding carboxylic acids is 1. The number of aliphatic hydroxyl groups excluding tert-OH is 1. The van der Waals surface area contributed by atoms with Gasteiger partial charge in [-0.3, -0.25) is 9.69 Å². The summed E-state index contributed by atoms with van der Waals surface area (Å²) in [6.45, 7) is 4.80. The Kier molecular flexibility index (Phi) is 7.67. The third-order valence-corrected chi connectivity index (χ3v) is 7.97. The van der Waals surface area contributed by atoms with Gasteiger partial charge in [-0.15, -0.1) is 11.8 Å². The summed E-state index contributed by atoms with van der Waals surface area (Å²) in [5, 5.41) is 11.0. The second-order valence-electron chi connectivity index (χ2n) is 8.39. The highest BCUT2D eigenvalue weighted by Gasteiger charge is 2.49. The summed E-state index contributed by atoms with van der Waals surface area (Å²) in [5.74, 6) is 0.895. The fourth-order valence-electron chi connectivity index (χ4n) is 4.49. The molecule has 2 atom stereocenters. The first-order chi connectivity index (χ1) is 16.1. The molecule has 0 aromatic heterocycles. The molecule has 0 amide bonds. The molecule has 1 saturated heterocycles. The van der Waals surface area contributed by atoms with Crippen LogP contribution in [-0.2, 0) is 9.53 Å². The number of anilines is 1. The molecule has 1 fully saturated rings. The van der Waals surface area contributed by atoms with Gasteiger partial charge in [0.05, 0.1) is 19.1 Å². The molecular weight excluding hydrogens is 440 g/mol. The number of fused-ring (bicyclic) bond motifs is 1. The van der Waals surface area contributed by atoms with Gasteiger partial charge in [0.1, 0.15) is 29.0 Å². The number of aliphatic hydroxyl groups is 1. The van der Waals surface area contributed by atoms with E-state index in [4.69, 9.17) is 14.2 Å². The Morgan fingerprint density at radius 2 is 1.91 bits per heavy atom. The van der Waals surface area contributed by atoms with Crippen LogP contribution >= 0.6 is 11.8 Å². The highest BCUT2D eigenvalue weighted by atomic mass is 32.2. The number of para-hydroxylation sites is 1. The van der Waals surface area contributed by atoms with Gasteiger partial charge in [-0.25, -0.2) is 0 Å². The van der Waals surface area contributed by atoms with Crippen molar-refractivity contribution >= 4 is 23.4 Å². The predicted octanol–water partition coefficient (Wildman–Crippen LogP) is 3.05. The summed E-state index contributed by atoms with van der Waals surface area (Å²) in [6, 6.07) is 15.9. The molecule has 2 aliphatic heterocycles. The molecule has 178 valence electrons. The van der Waals surface area contributed by atoms with Gasteiger partial charge >= 0.3 is 5.97 Å². The minimum Gasteiger partial charge on any atom is -0.497 e. The molecule has 4 rings (SSSR count). The number of piperazine rings is 1. The SMILES string of the molecule is COC(=O)[C@@]1(CCCN2CCN(c3ccccc3)CC2)Sc2cc(OC)ccc2OC[C@@H]1O. The Morgan fingerprint density at radius 1 is 1.15 bits per heavy atom. The van der Waals surface area contributed by atoms with Gasteiger partial charge in [-0.1, -0.05) is 18.2 Å². The number of hydrogen-bond acceptors (Lipinski definition) is 8. The zero-order valence-corrected chi connectivity index (χ0v) is 20.1. The highest BCUT2D eigenvalue weighted by Crippen LogP contribution is 2.47. The first-order valence-electron chi connectivity index (χ1n) is 11.3. The molecular formula is C25H32N2O5S. The maximum absolute atomic E-state index is 13.0. The van der Waals surface area contributed by atoms with Gasteiger partial charge in [0.25, 0.3) is 0 Å². The van der Waals surface area contributed by atoms with E-state index in [0.29, 0.717) is 17.9 Å². The molecule has 0 saturated carbocycles. The van der Waals surface area contributed by atoms with Gasteiger partial charge in [-0.2, -0.15) is 0 Å². The lowest BCUT2D eigenvalue weighted by Crippen LogP contribution is -2.50. The molecule has 0 radical (unpaired) electrons. The van der Waals surface area contributed by atoms with Crippen molar-refractivity contribution in [2.75, 3.05) is 58.5 Å². The lowest BCUT2D eigenvalue weighted by molar-refractivity contribution is -0.147. The second-order valence-corrected chi connectivity index (χ2v) is 9.76. The maximum atomic E-state index is 13.0. The first-order valence-corrected chi connectivity index (χ1v) is 12.2. The molecule has 0 unspecified atom stereocenters. The average molecular weight is 473 g/mol. The van der Waals surface area contributed by atoms with Gasteiger partial charge in [0, 0.05) is 31.9 Å². The Hall–Kier alpha value is -2.42. The van der Waals surface area contributed by atoms with Crippen molar-refractivity contribution in [3.05, 3.63) is 48.5 Å². The summed E-state index contributed by atoms with van der Waals surface area (Å²) >= 11 is 1.32. The largest absolute Gasteiger partial charge is 0.497 e. The third-order valence-electron chi connectivity index (χ3n) is 6.43. The molecule has 8 heteroatoms. The fourth-order valence-corrected chi connectivity index (χ4v) is 5.90. The van der Waals surface area contributed by atoms with E-state index in [1.54, 1.807) is 7.11 Å². The van der Waals surface area contributed by atoms with Crippen LogP contribution < -0.4 is 14.4 Å². The Morgan fingerprint density at radius 3 is 2.61 bits per heavy atom. The van der Waals surface area contributed by atoms with E-state index in [0.717, 1.165) is 44.0 Å². The average Bonchev–Trinajstić information content (AvgIpc) is 3.01. The highest BCUT2D eigenvalue weighted by molar-refractivity contribution is 8.01. The molecule has 2 aromatic rings. The standard InChI is InChI=1S/C25H32N2O5S/c1-30-20-9-10-21-22(17-20)33-25(24(29)31-2,23(28)18-32-21)11-6-12-26-13-15-27(16-14-26)19-7-4-3-5-8-19/h3-5,7-10,17,23,28H,6,11-16,18H2,1-2H3/t23-,25-/m0/s1. The topological polar surface area (TPSA) is 71.5 Å². The Balaban J connectivity index is 1.41. The van der Waals surface area contributed by atoms with E-state index in [1.165, 1.54) is 24.6 Å². The predicted molar refractivity (Wildman–Crippen MR) is 129 cm³/mol. The van der Waals surface area contributed by atoms with E-state index >= 15 is 0 Å². The number of thioether (sulfide) groups is 1. The maximum Gasteiger partial charge on any atom is 0.325 e. The summed E-state index contributed by atoms with van der Waals surface area (Å²) in [4.78, 5) is 18.6. The van der Waals surface area contributed by atoms with Crippen LogP contribution in [0.15, 0.2) is 53.4 Å². The number of rotatable bonds is 7. The van der Waals surface area contributed by atoms with Crippen molar-refractivity contribution in [1.29, 1.82) is 0 Å². The van der Waals surface area contributed by atoms with Gasteiger partial charge in [-0.05, 0) is 49.7 Å². The zero-order chi connectivity index (χ0) is 23.3. The van der Waals surface area contributed by atoms with Crippen LogP contribution in [0.25, 0.3) is 0 Å². The van der Waals surface area contributed by atoms with Crippen LogP contribution in [0.1, 0.15) is 12.8 Å². The van der Waals surface area contributed by atoms with Crippen molar-refractivity contribution in [2.45, 2.75) is 28.6 Å². The number of esters is 1. The summed E-state index contributed by atoms with van der Waals surface area (Å²) in [7, 11) is 2.97. The smallest absolute Gasteiger partial charge is 0.325 e. The number of ether oxygens (including phenoxy) is 3. The summed E-state index contributed by atoms with van der Waals surface area (Å²) in [5.41, 5.74) is 1.26. The van der Waals surface area contributed by atoms with Crippen molar-refractivity contribution < 1.29 is 24.1 Å². The van der Waals surface area contributed by atoms with Gasteiger partial charge in [0.15, 0.2) is 0 Å². The van der Waals surface area contributed by atoms with Crippen LogP contribution in [0.3, 0.4) is 0 Å². The summed E-state index contributed by atoms with van der Waals surface area (Å²) < 4.78 is 15.2. The van der Waals surface area contributed by atoms with Crippen molar-refractivity contribution in [1.82, 2.24) is 4.90 Å². The number of methoxy groups -OCH3 is 2. The van der Waals surface area contributed by atoms with E-state index < -0.39 is 16.8 Å². The van der Waals surface area contributed by atoms with Gasteiger partial charge in [0.2, 0.25) is 0 Å². The van der Waals surface area contributed by atoms with Crippen LogP contribution in [0, 0.1) is 0 Å². The molecule has 2 aliphatic rings. The van der Waals surface area contributed by atoms with E-state index in [2.05, 4.69) is 34.1 Å². The number of benzene rings is 2. The second kappa shape index (κ2) is 10.7. The van der Waals surface area contributed by atoms with Gasteiger partial charge < -0.3 is 24.2 Å². The number of nitrogens with zero attached hydrogens (tertiary/aromatic N) is 2. The van der Waals surface area contributed by atoms with Crippen molar-refractivity contribution in [3.8, 4) is 11.5 Å². The lowest BCUT2D eigenvalue weighted by atomic mass is 9.95. The van der Waals surface area contributed by atoms with E-state index in [9.17, 15) is 9.90 Å². The normalized spacial score (nSPS) is 23.2. The molecule has 0 aliphatic carbocycles. The molecule has 1 N–H and O–H groups in total. The lowest BCUT2D eigenvalue weighted by Gasteiger charge is -2.37. The Labute approximate surface area is 199 Å². The van der Waals surface area contributed by atoms with Crippen LogP contribution in [0.2, 0.25) is 0 Å². The quantitative estimate of drug-likeness (QED) is 0.617. The number of carbonyl (C=O) groups is 1. The molecule has 2 heterocycles. The minimum absolute atomic E-state index is 0.0389. The van der Waals surface area contributed by atoms with Crippen LogP contribution in [0.4, 0.5) is 5.69 Å². The molecule has 0 spiro atoms. The van der Waals surface area contributed by atoms with E-state index in [1.807, 2.05) is 24.3 Å². The fraction of sp³-hybridized carbons (Fsp3) is 0.480. The molecule has 7 nitrogen and oxygen atoms in total. The van der Waals surface area contributed by atoms with Crippen LogP contribution in [-0.4, -0.2) is 80.4 Å². The minimum atomic E-state index is -1.13. The van der Waals surface area contributed by atoms with E-state index in [-0.39, 0.29) is 6.61 Å². The Bertz CT molecular complexity index is 936. The first kappa shape index (κ1) is 23.7. The number of hydrogen-bond donors (Lipinski definition) is 1. The molecule has 33 heavy (non-hydrogen) atoms. The molecule has 2 aromatic carbocycles. The van der Waals surface area contributed by atoms with Crippen LogP contribution in [0.5, 0.6) is 11.5 Å².